The van der Waals surface area contributed by atoms with Gasteiger partial charge in [0.05, 0.1) is 5.69 Å². The van der Waals surface area contributed by atoms with Gasteiger partial charge in [0.25, 0.3) is 16.8 Å². The largest absolute Gasteiger partial charge is 0.332 e. The highest BCUT2D eigenvalue weighted by Crippen LogP contribution is 2.27. The molecule has 0 spiro atoms. The number of benzene rings is 3. The molecule has 0 amide bonds. The SMILES string of the molecule is O=c1ccn(-c2cccc(-c3ccc4cc(NS(=O)O)ccc4c3)c2)c(=O)[nH]1. The molecule has 1 heterocycles. The summed E-state index contributed by atoms with van der Waals surface area (Å²) in [6.07, 6.45) is 1.44. The van der Waals surface area contributed by atoms with E-state index in [9.17, 15) is 13.8 Å². The van der Waals surface area contributed by atoms with E-state index in [1.165, 1.54) is 16.8 Å². The lowest BCUT2D eigenvalue weighted by Gasteiger charge is -2.09. The average Bonchev–Trinajstić information content (AvgIpc) is 2.67. The highest BCUT2D eigenvalue weighted by molar-refractivity contribution is 7.80. The second-order valence-corrected chi connectivity index (χ2v) is 6.86. The van der Waals surface area contributed by atoms with Crippen molar-refractivity contribution in [1.29, 1.82) is 0 Å². The highest BCUT2D eigenvalue weighted by Gasteiger charge is 2.05. The third-order valence-corrected chi connectivity index (χ3v) is 4.74. The number of rotatable bonds is 4. The standard InChI is InChI=1S/C20H15N3O4S/c24-19-8-9-23(20(25)21-19)18-3-1-2-13(12-18)14-4-5-16-11-17(22-28(26)27)7-6-15(16)10-14/h1-12,22H,(H,26,27)(H,21,24,25). The number of anilines is 1. The van der Waals surface area contributed by atoms with E-state index < -0.39 is 22.5 Å². The van der Waals surface area contributed by atoms with Crippen LogP contribution in [0.25, 0.3) is 27.6 Å². The molecule has 3 N–H and O–H groups in total. The van der Waals surface area contributed by atoms with E-state index in [-0.39, 0.29) is 0 Å². The van der Waals surface area contributed by atoms with Crippen LogP contribution in [0.4, 0.5) is 5.69 Å². The molecule has 1 aromatic heterocycles. The molecule has 1 atom stereocenters. The topological polar surface area (TPSA) is 104 Å². The van der Waals surface area contributed by atoms with Crippen LogP contribution in [0, 0.1) is 0 Å². The molecular formula is C20H15N3O4S. The Kier molecular flexibility index (Phi) is 4.64. The molecule has 4 aromatic rings. The minimum absolute atomic E-state index is 0.439. The Morgan fingerprint density at radius 2 is 1.64 bits per heavy atom. The number of hydrogen-bond acceptors (Lipinski definition) is 3. The lowest BCUT2D eigenvalue weighted by atomic mass is 10.0. The van der Waals surface area contributed by atoms with Gasteiger partial charge in [-0.3, -0.25) is 23.6 Å². The Morgan fingerprint density at radius 3 is 2.43 bits per heavy atom. The van der Waals surface area contributed by atoms with Crippen LogP contribution >= 0.6 is 0 Å². The Bertz CT molecular complexity index is 1330. The van der Waals surface area contributed by atoms with Crippen LogP contribution < -0.4 is 16.0 Å². The first kappa shape index (κ1) is 17.9. The van der Waals surface area contributed by atoms with E-state index in [0.717, 1.165) is 21.9 Å². The Balaban J connectivity index is 1.74. The van der Waals surface area contributed by atoms with Gasteiger partial charge in [-0.2, -0.15) is 0 Å². The molecule has 3 aromatic carbocycles. The molecule has 0 fully saturated rings. The molecule has 1 unspecified atom stereocenters. The quantitative estimate of drug-likeness (QED) is 0.464. The number of fused-ring (bicyclic) bond motifs is 1. The maximum Gasteiger partial charge on any atom is 0.332 e. The molecule has 0 aliphatic rings. The number of hydrogen-bond donors (Lipinski definition) is 3. The zero-order valence-corrected chi connectivity index (χ0v) is 15.3. The second-order valence-electron chi connectivity index (χ2n) is 6.16. The second kappa shape index (κ2) is 7.26. The summed E-state index contributed by atoms with van der Waals surface area (Å²) in [6, 6.07) is 20.0. The maximum absolute atomic E-state index is 12.0. The highest BCUT2D eigenvalue weighted by atomic mass is 32.2. The predicted molar refractivity (Wildman–Crippen MR) is 110 cm³/mol. The number of nitrogens with zero attached hydrogens (tertiary/aromatic N) is 1. The number of H-pyrrole nitrogens is 1. The van der Waals surface area contributed by atoms with E-state index in [0.29, 0.717) is 11.4 Å². The van der Waals surface area contributed by atoms with Gasteiger partial charge in [0.1, 0.15) is 0 Å². The summed E-state index contributed by atoms with van der Waals surface area (Å²) in [5, 5.41) is 1.89. The van der Waals surface area contributed by atoms with Gasteiger partial charge in [0.15, 0.2) is 0 Å². The van der Waals surface area contributed by atoms with Gasteiger partial charge in [0.2, 0.25) is 0 Å². The summed E-state index contributed by atoms with van der Waals surface area (Å²) in [6.45, 7) is 0. The molecule has 0 bridgehead atoms. The number of nitrogens with one attached hydrogen (secondary N) is 2. The number of aromatic amines is 1. The minimum atomic E-state index is -2.12. The summed E-state index contributed by atoms with van der Waals surface area (Å²) in [5.41, 5.74) is 2.13. The monoisotopic (exact) mass is 393 g/mol. The van der Waals surface area contributed by atoms with Crippen molar-refractivity contribution in [3.8, 4) is 16.8 Å². The van der Waals surface area contributed by atoms with Crippen LogP contribution in [0.1, 0.15) is 0 Å². The zero-order chi connectivity index (χ0) is 19.7. The molecule has 0 aliphatic heterocycles. The molecule has 140 valence electrons. The van der Waals surface area contributed by atoms with E-state index >= 15 is 0 Å². The molecule has 0 saturated heterocycles. The van der Waals surface area contributed by atoms with E-state index in [2.05, 4.69) is 9.71 Å². The lowest BCUT2D eigenvalue weighted by Crippen LogP contribution is -2.27. The van der Waals surface area contributed by atoms with Gasteiger partial charge >= 0.3 is 5.69 Å². The fourth-order valence-corrected chi connectivity index (χ4v) is 3.37. The van der Waals surface area contributed by atoms with Crippen molar-refractivity contribution >= 4 is 27.7 Å². The van der Waals surface area contributed by atoms with Crippen molar-refractivity contribution in [2.45, 2.75) is 0 Å². The van der Waals surface area contributed by atoms with Crippen LogP contribution in [-0.2, 0) is 11.3 Å². The summed E-state index contributed by atoms with van der Waals surface area (Å²) >= 11 is -2.12. The van der Waals surface area contributed by atoms with Gasteiger partial charge in [0, 0.05) is 18.0 Å². The Labute approximate surface area is 161 Å². The molecular weight excluding hydrogens is 378 g/mol. The van der Waals surface area contributed by atoms with Crippen LogP contribution in [0.15, 0.2) is 82.5 Å². The smallest absolute Gasteiger partial charge is 0.289 e. The predicted octanol–water partition coefficient (Wildman–Crippen LogP) is 2.89. The molecule has 0 saturated carbocycles. The van der Waals surface area contributed by atoms with Gasteiger partial charge < -0.3 is 0 Å². The first-order valence-electron chi connectivity index (χ1n) is 8.34. The van der Waals surface area contributed by atoms with Crippen LogP contribution in [-0.4, -0.2) is 18.3 Å². The summed E-state index contributed by atoms with van der Waals surface area (Å²) in [5.74, 6) is 0. The van der Waals surface area contributed by atoms with E-state index in [4.69, 9.17) is 4.55 Å². The summed E-state index contributed by atoms with van der Waals surface area (Å²) in [4.78, 5) is 25.5. The van der Waals surface area contributed by atoms with Crippen molar-refractivity contribution in [1.82, 2.24) is 9.55 Å². The maximum atomic E-state index is 12.0. The average molecular weight is 393 g/mol. The third-order valence-electron chi connectivity index (χ3n) is 4.33. The van der Waals surface area contributed by atoms with Crippen LogP contribution in [0.2, 0.25) is 0 Å². The van der Waals surface area contributed by atoms with Gasteiger partial charge in [-0.05, 0) is 52.2 Å². The van der Waals surface area contributed by atoms with Crippen LogP contribution in [0.5, 0.6) is 0 Å². The zero-order valence-electron chi connectivity index (χ0n) is 14.5. The third kappa shape index (κ3) is 3.64. The molecule has 0 radical (unpaired) electrons. The van der Waals surface area contributed by atoms with Crippen molar-refractivity contribution in [3.05, 3.63) is 93.8 Å². The van der Waals surface area contributed by atoms with E-state index in [1.807, 2.05) is 42.5 Å². The van der Waals surface area contributed by atoms with Crippen LogP contribution in [0.3, 0.4) is 0 Å². The lowest BCUT2D eigenvalue weighted by molar-refractivity contribution is 0.570. The minimum Gasteiger partial charge on any atom is -0.289 e. The molecule has 8 heteroatoms. The molecule has 7 nitrogen and oxygen atoms in total. The first-order valence-corrected chi connectivity index (χ1v) is 9.44. The summed E-state index contributed by atoms with van der Waals surface area (Å²) in [7, 11) is 0. The number of aromatic nitrogens is 2. The van der Waals surface area contributed by atoms with Crippen molar-refractivity contribution in [2.24, 2.45) is 0 Å². The fourth-order valence-electron chi connectivity index (χ4n) is 3.05. The Hall–Kier alpha value is -3.49. The molecule has 28 heavy (non-hydrogen) atoms. The van der Waals surface area contributed by atoms with Gasteiger partial charge in [-0.25, -0.2) is 9.00 Å². The Morgan fingerprint density at radius 1 is 0.893 bits per heavy atom. The molecule has 4 rings (SSSR count). The molecule has 0 aliphatic carbocycles. The first-order chi connectivity index (χ1) is 13.5. The van der Waals surface area contributed by atoms with Gasteiger partial charge in [-0.15, -0.1) is 0 Å². The van der Waals surface area contributed by atoms with Crippen molar-refractivity contribution in [3.63, 3.8) is 0 Å². The summed E-state index contributed by atoms with van der Waals surface area (Å²) < 4.78 is 23.7. The van der Waals surface area contributed by atoms with Gasteiger partial charge in [-0.1, -0.05) is 30.3 Å². The normalized spacial score (nSPS) is 12.0. The van der Waals surface area contributed by atoms with E-state index in [1.54, 1.807) is 18.2 Å². The van der Waals surface area contributed by atoms with Crippen molar-refractivity contribution in [2.75, 3.05) is 4.72 Å². The van der Waals surface area contributed by atoms with Crippen molar-refractivity contribution < 1.29 is 8.76 Å². The fraction of sp³-hybridized carbons (Fsp3) is 0.